The molecule has 1 saturated carbocycles. The molecule has 1 aliphatic carbocycles. The van der Waals surface area contributed by atoms with Gasteiger partial charge in [0.2, 0.25) is 0 Å². The van der Waals surface area contributed by atoms with Gasteiger partial charge in [0.25, 0.3) is 0 Å². The van der Waals surface area contributed by atoms with E-state index in [1.165, 1.54) is 12.8 Å². The molecule has 2 rings (SSSR count). The molecule has 1 aromatic carbocycles. The van der Waals surface area contributed by atoms with E-state index >= 15 is 0 Å². The van der Waals surface area contributed by atoms with Crippen molar-refractivity contribution in [3.05, 3.63) is 32.7 Å². The van der Waals surface area contributed by atoms with Crippen molar-refractivity contribution in [3.63, 3.8) is 0 Å². The Kier molecular flexibility index (Phi) is 5.88. The second kappa shape index (κ2) is 7.26. The van der Waals surface area contributed by atoms with Gasteiger partial charge in [-0.15, -0.1) is 0 Å². The standard InChI is InChI=1S/C17H21Br2NO/c1-2-3-12-6-8-17(11-20,9-7-12)16(21)13-4-5-14(18)15(19)10-13/h4-5,10,12,16,21H,2-3,6-9H2,1H3. The summed E-state index contributed by atoms with van der Waals surface area (Å²) in [6.07, 6.45) is 5.42. The molecule has 1 unspecified atom stereocenters. The molecule has 0 bridgehead atoms. The van der Waals surface area contributed by atoms with Gasteiger partial charge in [-0.2, -0.15) is 5.26 Å². The molecule has 1 N–H and O–H groups in total. The number of aliphatic hydroxyl groups excluding tert-OH is 1. The quantitative estimate of drug-likeness (QED) is 0.681. The van der Waals surface area contributed by atoms with Crippen molar-refractivity contribution in [2.24, 2.45) is 11.3 Å². The van der Waals surface area contributed by atoms with Gasteiger partial charge in [-0.3, -0.25) is 0 Å². The highest BCUT2D eigenvalue weighted by Crippen LogP contribution is 2.48. The number of nitriles is 1. The fourth-order valence-electron chi connectivity index (χ4n) is 3.34. The summed E-state index contributed by atoms with van der Waals surface area (Å²) in [6.45, 7) is 2.21. The van der Waals surface area contributed by atoms with E-state index in [2.05, 4.69) is 44.9 Å². The van der Waals surface area contributed by atoms with Crippen molar-refractivity contribution in [2.75, 3.05) is 0 Å². The van der Waals surface area contributed by atoms with Crippen molar-refractivity contribution in [3.8, 4) is 6.07 Å². The van der Waals surface area contributed by atoms with Crippen LogP contribution in [0.15, 0.2) is 27.1 Å². The summed E-state index contributed by atoms with van der Waals surface area (Å²) in [4.78, 5) is 0. The van der Waals surface area contributed by atoms with Gasteiger partial charge in [0.05, 0.1) is 17.6 Å². The molecule has 1 fully saturated rings. The molecule has 1 atom stereocenters. The summed E-state index contributed by atoms with van der Waals surface area (Å²) in [5.74, 6) is 0.723. The molecule has 4 heteroatoms. The van der Waals surface area contributed by atoms with E-state index < -0.39 is 11.5 Å². The number of rotatable bonds is 4. The lowest BCUT2D eigenvalue weighted by Crippen LogP contribution is -2.32. The van der Waals surface area contributed by atoms with E-state index in [1.54, 1.807) is 0 Å². The number of aliphatic hydroxyl groups is 1. The number of benzene rings is 1. The van der Waals surface area contributed by atoms with E-state index in [4.69, 9.17) is 0 Å². The van der Waals surface area contributed by atoms with Gasteiger partial charge < -0.3 is 5.11 Å². The lowest BCUT2D eigenvalue weighted by molar-refractivity contribution is 0.0236. The average Bonchev–Trinajstić information content (AvgIpc) is 2.51. The zero-order valence-corrected chi connectivity index (χ0v) is 15.5. The normalized spacial score (nSPS) is 27.1. The Morgan fingerprint density at radius 2 is 2.00 bits per heavy atom. The molecule has 0 aliphatic heterocycles. The Hall–Kier alpha value is -0.370. The molecule has 114 valence electrons. The molecule has 0 radical (unpaired) electrons. The molecule has 0 spiro atoms. The Morgan fingerprint density at radius 1 is 1.33 bits per heavy atom. The van der Waals surface area contributed by atoms with E-state index in [1.807, 2.05) is 18.2 Å². The second-order valence-corrected chi connectivity index (χ2v) is 7.78. The van der Waals surface area contributed by atoms with Gasteiger partial charge in [0, 0.05) is 8.95 Å². The highest BCUT2D eigenvalue weighted by atomic mass is 79.9. The summed E-state index contributed by atoms with van der Waals surface area (Å²) in [6, 6.07) is 8.16. The monoisotopic (exact) mass is 413 g/mol. The van der Waals surface area contributed by atoms with Crippen molar-refractivity contribution >= 4 is 31.9 Å². The summed E-state index contributed by atoms with van der Waals surface area (Å²) >= 11 is 6.90. The van der Waals surface area contributed by atoms with Crippen molar-refractivity contribution < 1.29 is 5.11 Å². The first-order valence-corrected chi connectivity index (χ1v) is 9.15. The Bertz CT molecular complexity index is 530. The predicted molar refractivity (Wildman–Crippen MR) is 91.7 cm³/mol. The molecule has 2 nitrogen and oxygen atoms in total. The van der Waals surface area contributed by atoms with Crippen LogP contribution in [0.1, 0.15) is 57.1 Å². The van der Waals surface area contributed by atoms with Crippen LogP contribution in [0, 0.1) is 22.7 Å². The molecular weight excluding hydrogens is 394 g/mol. The Balaban J connectivity index is 2.17. The molecule has 0 aromatic heterocycles. The number of hydrogen-bond acceptors (Lipinski definition) is 2. The van der Waals surface area contributed by atoms with E-state index in [0.717, 1.165) is 46.1 Å². The third-order valence-corrected chi connectivity index (χ3v) is 6.58. The average molecular weight is 415 g/mol. The van der Waals surface area contributed by atoms with Crippen LogP contribution < -0.4 is 0 Å². The smallest absolute Gasteiger partial charge is 0.0976 e. The van der Waals surface area contributed by atoms with Crippen molar-refractivity contribution in [1.29, 1.82) is 5.26 Å². The molecule has 0 saturated heterocycles. The first-order chi connectivity index (χ1) is 10.0. The van der Waals surface area contributed by atoms with Crippen LogP contribution in [-0.2, 0) is 0 Å². The van der Waals surface area contributed by atoms with Crippen molar-refractivity contribution in [2.45, 2.75) is 51.6 Å². The lowest BCUT2D eigenvalue weighted by atomic mass is 9.66. The van der Waals surface area contributed by atoms with Crippen LogP contribution in [0.3, 0.4) is 0 Å². The molecule has 0 heterocycles. The van der Waals surface area contributed by atoms with Crippen LogP contribution in [0.4, 0.5) is 0 Å². The van der Waals surface area contributed by atoms with Gasteiger partial charge in [-0.05, 0) is 81.2 Å². The SMILES string of the molecule is CCCC1CCC(C#N)(C(O)c2ccc(Br)c(Br)c2)CC1. The number of hydrogen-bond donors (Lipinski definition) is 1. The summed E-state index contributed by atoms with van der Waals surface area (Å²) in [7, 11) is 0. The molecular formula is C17H21Br2NO. The van der Waals surface area contributed by atoms with Crippen molar-refractivity contribution in [1.82, 2.24) is 0 Å². The lowest BCUT2D eigenvalue weighted by Gasteiger charge is -2.38. The van der Waals surface area contributed by atoms with Crippen LogP contribution in [0.2, 0.25) is 0 Å². The summed E-state index contributed by atoms with van der Waals surface area (Å²) in [5, 5.41) is 20.5. The van der Waals surface area contributed by atoms with Gasteiger partial charge in [0.1, 0.15) is 0 Å². The number of nitrogens with zero attached hydrogens (tertiary/aromatic N) is 1. The zero-order valence-electron chi connectivity index (χ0n) is 12.3. The van der Waals surface area contributed by atoms with Crippen LogP contribution in [-0.4, -0.2) is 5.11 Å². The maximum absolute atomic E-state index is 10.8. The summed E-state index contributed by atoms with van der Waals surface area (Å²) in [5.41, 5.74) is 0.192. The third kappa shape index (κ3) is 3.70. The minimum Gasteiger partial charge on any atom is -0.387 e. The molecule has 1 aliphatic rings. The van der Waals surface area contributed by atoms with E-state index in [-0.39, 0.29) is 0 Å². The van der Waals surface area contributed by atoms with Crippen LogP contribution in [0.5, 0.6) is 0 Å². The van der Waals surface area contributed by atoms with Crippen LogP contribution in [0.25, 0.3) is 0 Å². The van der Waals surface area contributed by atoms with Gasteiger partial charge in [-0.1, -0.05) is 25.8 Å². The minimum absolute atomic E-state index is 0.627. The van der Waals surface area contributed by atoms with Crippen LogP contribution >= 0.6 is 31.9 Å². The topological polar surface area (TPSA) is 44.0 Å². The van der Waals surface area contributed by atoms with Gasteiger partial charge >= 0.3 is 0 Å². The molecule has 21 heavy (non-hydrogen) atoms. The molecule has 0 amide bonds. The molecule has 1 aromatic rings. The van der Waals surface area contributed by atoms with E-state index in [0.29, 0.717) is 0 Å². The second-order valence-electron chi connectivity index (χ2n) is 6.08. The van der Waals surface area contributed by atoms with Gasteiger partial charge in [-0.25, -0.2) is 0 Å². The highest BCUT2D eigenvalue weighted by Gasteiger charge is 2.42. The highest BCUT2D eigenvalue weighted by molar-refractivity contribution is 9.13. The summed E-state index contributed by atoms with van der Waals surface area (Å²) < 4.78 is 1.86. The Morgan fingerprint density at radius 3 is 2.52 bits per heavy atom. The van der Waals surface area contributed by atoms with E-state index in [9.17, 15) is 10.4 Å². The first kappa shape index (κ1) is 17.0. The number of halogens is 2. The maximum Gasteiger partial charge on any atom is 0.0976 e. The Labute approximate surface area is 143 Å². The zero-order chi connectivity index (χ0) is 15.5. The van der Waals surface area contributed by atoms with Gasteiger partial charge in [0.15, 0.2) is 0 Å². The first-order valence-electron chi connectivity index (χ1n) is 7.56. The third-order valence-electron chi connectivity index (χ3n) is 4.70. The largest absolute Gasteiger partial charge is 0.387 e. The fourth-order valence-corrected chi connectivity index (χ4v) is 3.98. The minimum atomic E-state index is -0.713. The predicted octanol–water partition coefficient (Wildman–Crippen LogP) is 5.75. The maximum atomic E-state index is 10.8. The fraction of sp³-hybridized carbons (Fsp3) is 0.588.